The summed E-state index contributed by atoms with van der Waals surface area (Å²) in [4.78, 5) is 0. The van der Waals surface area contributed by atoms with E-state index in [1.807, 2.05) is 0 Å². The molecular weight excluding hydrogens is 264 g/mol. The molecule has 0 aromatic carbocycles. The number of aliphatic hydroxyl groups excluding tert-OH is 4. The van der Waals surface area contributed by atoms with Gasteiger partial charge < -0.3 is 29.9 Å². The maximum absolute atomic E-state index is 9.78. The highest BCUT2D eigenvalue weighted by Crippen LogP contribution is 2.22. The van der Waals surface area contributed by atoms with E-state index in [9.17, 15) is 15.3 Å². The average Bonchev–Trinajstić information content (AvgIpc) is 2.48. The summed E-state index contributed by atoms with van der Waals surface area (Å²) in [6.45, 7) is 1.72. The molecule has 6 atom stereocenters. The van der Waals surface area contributed by atoms with Gasteiger partial charge >= 0.3 is 0 Å². The second-order valence-corrected chi connectivity index (χ2v) is 5.17. The molecule has 0 spiro atoms. The van der Waals surface area contributed by atoms with E-state index in [-0.39, 0.29) is 6.61 Å². The summed E-state index contributed by atoms with van der Waals surface area (Å²) in [6, 6.07) is 0. The van der Waals surface area contributed by atoms with Gasteiger partial charge in [-0.2, -0.15) is 0 Å². The molecule has 2 unspecified atom stereocenters. The van der Waals surface area contributed by atoms with Gasteiger partial charge in [-0.1, -0.05) is 39.0 Å². The van der Waals surface area contributed by atoms with E-state index in [0.717, 1.165) is 25.7 Å². The summed E-state index contributed by atoms with van der Waals surface area (Å²) in [5, 5.41) is 38.1. The zero-order valence-electron chi connectivity index (χ0n) is 13.0. The third-order valence-corrected chi connectivity index (χ3v) is 3.49. The third kappa shape index (κ3) is 5.27. The Kier molecular flexibility index (Phi) is 7.79. The van der Waals surface area contributed by atoms with E-state index in [0.29, 0.717) is 6.42 Å². The molecule has 0 aliphatic carbocycles. The fraction of sp³-hybridized carbons (Fsp3) is 1.00. The summed E-state index contributed by atoms with van der Waals surface area (Å²) >= 11 is 0. The Hall–Kier alpha value is -0.240. The molecule has 0 bridgehead atoms. The zero-order valence-corrected chi connectivity index (χ0v) is 12.0. The van der Waals surface area contributed by atoms with Crippen molar-refractivity contribution in [3.63, 3.8) is 0 Å². The Morgan fingerprint density at radius 2 is 1.75 bits per heavy atom. The molecule has 0 saturated carbocycles. The van der Waals surface area contributed by atoms with Crippen molar-refractivity contribution in [2.45, 2.75) is 76.1 Å². The first-order chi connectivity index (χ1) is 10.0. The van der Waals surface area contributed by atoms with E-state index in [1.54, 1.807) is 0 Å². The minimum atomic E-state index is -1.44. The van der Waals surface area contributed by atoms with Gasteiger partial charge in [-0.25, -0.2) is 0 Å². The molecule has 6 heteroatoms. The lowest BCUT2D eigenvalue weighted by atomic mass is 9.99. The molecule has 0 aromatic heterocycles. The number of rotatable bonds is 9. The number of ether oxygens (including phenoxy) is 2. The Bertz CT molecular complexity index is 278. The van der Waals surface area contributed by atoms with E-state index < -0.39 is 43.7 Å². The molecule has 1 heterocycles. The van der Waals surface area contributed by atoms with Gasteiger partial charge in [0.2, 0.25) is 0 Å². The lowest BCUT2D eigenvalue weighted by Gasteiger charge is -2.39. The molecule has 20 heavy (non-hydrogen) atoms. The second kappa shape index (κ2) is 9.65. The highest BCUT2D eigenvalue weighted by atomic mass is 16.7. The van der Waals surface area contributed by atoms with Gasteiger partial charge in [-0.3, -0.25) is 0 Å². The van der Waals surface area contributed by atoms with Crippen molar-refractivity contribution >= 4 is 0 Å². The van der Waals surface area contributed by atoms with Gasteiger partial charge in [0.25, 0.3) is 0 Å². The van der Waals surface area contributed by atoms with Crippen LogP contribution < -0.4 is 0 Å². The maximum atomic E-state index is 9.78. The molecule has 0 aromatic rings. The van der Waals surface area contributed by atoms with Gasteiger partial charge in [0, 0.05) is 7.98 Å². The van der Waals surface area contributed by atoms with E-state index in [4.69, 9.17) is 16.0 Å². The smallest absolute Gasteiger partial charge is 0.186 e. The Labute approximate surface area is 121 Å². The van der Waals surface area contributed by atoms with E-state index >= 15 is 0 Å². The van der Waals surface area contributed by atoms with Crippen LogP contribution in [0.25, 0.3) is 0 Å². The van der Waals surface area contributed by atoms with Crippen molar-refractivity contribution in [1.82, 2.24) is 0 Å². The van der Waals surface area contributed by atoms with Crippen molar-refractivity contribution < 1.29 is 31.3 Å². The summed E-state index contributed by atoms with van der Waals surface area (Å²) in [6.07, 6.45) is -1.69. The fourth-order valence-corrected chi connectivity index (χ4v) is 2.17. The first-order valence-corrected chi connectivity index (χ1v) is 7.35. The topological polar surface area (TPSA) is 99.4 Å². The normalized spacial score (nSPS) is 36.6. The van der Waals surface area contributed by atoms with Crippen LogP contribution in [0.15, 0.2) is 0 Å². The minimum absolute atomic E-state index is 0.0782. The van der Waals surface area contributed by atoms with Gasteiger partial charge in [0.05, 0.1) is 6.61 Å². The summed E-state index contributed by atoms with van der Waals surface area (Å²) in [5.41, 5.74) is 0. The first-order valence-electron chi connectivity index (χ1n) is 7.93. The van der Waals surface area contributed by atoms with Gasteiger partial charge in [-0.05, 0) is 6.40 Å². The molecule has 0 amide bonds. The van der Waals surface area contributed by atoms with Crippen LogP contribution in [-0.2, 0) is 9.47 Å². The van der Waals surface area contributed by atoms with Crippen LogP contribution in [0, 0.1) is 0 Å². The van der Waals surface area contributed by atoms with E-state index in [1.165, 1.54) is 0 Å². The lowest BCUT2D eigenvalue weighted by Crippen LogP contribution is -2.59. The quantitative estimate of drug-likeness (QED) is 0.452. The molecule has 1 rings (SSSR count). The Balaban J connectivity index is 2.32. The van der Waals surface area contributed by atoms with Crippen LogP contribution in [-0.4, -0.2) is 64.3 Å². The maximum Gasteiger partial charge on any atom is 0.186 e. The minimum Gasteiger partial charge on any atom is -0.394 e. The van der Waals surface area contributed by atoms with Crippen LogP contribution >= 0.6 is 0 Å². The fourth-order valence-electron chi connectivity index (χ4n) is 2.17. The van der Waals surface area contributed by atoms with Crippen LogP contribution in [0.3, 0.4) is 0 Å². The first kappa shape index (κ1) is 16.1. The SMILES string of the molecule is [2H]C(CCCCCC)COC1O[C@H](CO)[C@H](O)[C@H](O)[C@H]1O. The van der Waals surface area contributed by atoms with Crippen LogP contribution in [0.4, 0.5) is 0 Å². The highest BCUT2D eigenvalue weighted by molar-refractivity contribution is 4.88. The van der Waals surface area contributed by atoms with Crippen molar-refractivity contribution in [3.05, 3.63) is 0 Å². The lowest BCUT2D eigenvalue weighted by molar-refractivity contribution is -0.301. The molecule has 1 aliphatic heterocycles. The van der Waals surface area contributed by atoms with Crippen LogP contribution in [0.2, 0.25) is 0 Å². The molecule has 6 nitrogen and oxygen atoms in total. The standard InChI is InChI=1S/C14H28O6/c1-2-3-4-5-6-7-8-19-14-13(18)12(17)11(16)10(9-15)20-14/h10-18H,2-9H2,1H3/t10-,11+,12+,13-,14?/m1/s1/i7D/t7?,10-,11+,12+,13-,14?. The molecule has 1 fully saturated rings. The monoisotopic (exact) mass is 293 g/mol. The Morgan fingerprint density at radius 1 is 1.05 bits per heavy atom. The molecule has 120 valence electrons. The molecular formula is C14H28O6. The van der Waals surface area contributed by atoms with Crippen LogP contribution in [0.5, 0.6) is 0 Å². The predicted octanol–water partition coefficient (Wildman–Crippen LogP) is 0.163. The number of hydrogen-bond acceptors (Lipinski definition) is 6. The van der Waals surface area contributed by atoms with Gasteiger partial charge in [-0.15, -0.1) is 0 Å². The number of aliphatic hydroxyl groups is 4. The number of unbranched alkanes of at least 4 members (excludes halogenated alkanes) is 3. The number of hydrogen-bond donors (Lipinski definition) is 4. The summed E-state index contributed by atoms with van der Waals surface area (Å²) in [7, 11) is 0. The molecule has 1 saturated heterocycles. The average molecular weight is 293 g/mol. The van der Waals surface area contributed by atoms with Crippen molar-refractivity contribution in [2.75, 3.05) is 13.2 Å². The third-order valence-electron chi connectivity index (χ3n) is 3.49. The summed E-state index contributed by atoms with van der Waals surface area (Å²) in [5.74, 6) is 0. The van der Waals surface area contributed by atoms with E-state index in [2.05, 4.69) is 6.92 Å². The molecule has 0 radical (unpaired) electrons. The summed E-state index contributed by atoms with van der Waals surface area (Å²) < 4.78 is 18.4. The van der Waals surface area contributed by atoms with Crippen molar-refractivity contribution in [1.29, 1.82) is 0 Å². The van der Waals surface area contributed by atoms with Crippen molar-refractivity contribution in [3.8, 4) is 0 Å². The zero-order chi connectivity index (χ0) is 15.8. The van der Waals surface area contributed by atoms with Crippen molar-refractivity contribution in [2.24, 2.45) is 0 Å². The van der Waals surface area contributed by atoms with Gasteiger partial charge in [0.15, 0.2) is 6.29 Å². The largest absolute Gasteiger partial charge is 0.394 e. The second-order valence-electron chi connectivity index (χ2n) is 5.17. The Morgan fingerprint density at radius 3 is 2.40 bits per heavy atom. The van der Waals surface area contributed by atoms with Crippen LogP contribution in [0.1, 0.15) is 46.8 Å². The molecule has 4 N–H and O–H groups in total. The predicted molar refractivity (Wildman–Crippen MR) is 73.1 cm³/mol. The highest BCUT2D eigenvalue weighted by Gasteiger charge is 2.43. The molecule has 1 aliphatic rings. The van der Waals surface area contributed by atoms with Gasteiger partial charge in [0.1, 0.15) is 24.4 Å².